The second-order valence-corrected chi connectivity index (χ2v) is 7.50. The molecule has 1 heterocycles. The number of amides is 1. The maximum absolute atomic E-state index is 12.1. The van der Waals surface area contributed by atoms with Gasteiger partial charge in [0.2, 0.25) is 11.8 Å². The van der Waals surface area contributed by atoms with E-state index in [9.17, 15) is 9.90 Å². The van der Waals surface area contributed by atoms with Gasteiger partial charge >= 0.3 is 0 Å². The van der Waals surface area contributed by atoms with E-state index in [4.69, 9.17) is 16.6 Å². The summed E-state index contributed by atoms with van der Waals surface area (Å²) in [5, 5.41) is 16.1. The number of thiocarbonyl (C=S) groups is 1. The lowest BCUT2D eigenvalue weighted by Gasteiger charge is -2.09. The number of aromatic nitrogens is 1. The zero-order chi connectivity index (χ0) is 22.5. The number of anilines is 1. The Bertz CT molecular complexity index is 1310. The van der Waals surface area contributed by atoms with E-state index in [0.717, 1.165) is 23.1 Å². The molecule has 0 fully saturated rings. The molecule has 0 saturated heterocycles. The molecule has 4 rings (SSSR count). The number of aromatic hydroxyl groups is 1. The summed E-state index contributed by atoms with van der Waals surface area (Å²) in [5.74, 6) is -0.0419. The van der Waals surface area contributed by atoms with Crippen LogP contribution in [-0.4, -0.2) is 21.1 Å². The van der Waals surface area contributed by atoms with Gasteiger partial charge in [0, 0.05) is 17.8 Å². The zero-order valence-electron chi connectivity index (χ0n) is 17.3. The number of carbonyl (C=O) groups is 1. The van der Waals surface area contributed by atoms with Gasteiger partial charge in [0.15, 0.2) is 10.7 Å². The van der Waals surface area contributed by atoms with E-state index in [1.54, 1.807) is 18.2 Å². The first kappa shape index (κ1) is 21.3. The van der Waals surface area contributed by atoms with Crippen LogP contribution in [-0.2, 0) is 11.2 Å². The third-order valence-electron chi connectivity index (χ3n) is 4.81. The average molecular weight is 444 g/mol. The van der Waals surface area contributed by atoms with Gasteiger partial charge in [0.05, 0.1) is 5.56 Å². The molecule has 160 valence electrons. The van der Waals surface area contributed by atoms with Crippen molar-refractivity contribution in [1.29, 1.82) is 0 Å². The summed E-state index contributed by atoms with van der Waals surface area (Å²) < 4.78 is 5.79. The van der Waals surface area contributed by atoms with Gasteiger partial charge in [-0.15, -0.1) is 0 Å². The molecule has 0 spiro atoms. The normalized spacial score (nSPS) is 11.0. The Morgan fingerprint density at radius 2 is 1.94 bits per heavy atom. The van der Waals surface area contributed by atoms with Crippen LogP contribution in [0.1, 0.15) is 18.1 Å². The summed E-state index contributed by atoms with van der Waals surface area (Å²) in [5.41, 5.74) is 4.46. The summed E-state index contributed by atoms with van der Waals surface area (Å²) >= 11 is 5.19. The second kappa shape index (κ2) is 9.45. The molecule has 1 aromatic heterocycles. The Balaban J connectivity index is 1.42. The largest absolute Gasteiger partial charge is 0.507 e. The predicted molar refractivity (Wildman–Crippen MR) is 130 cm³/mol. The predicted octanol–water partition coefficient (Wildman–Crippen LogP) is 5.29. The van der Waals surface area contributed by atoms with Crippen molar-refractivity contribution in [1.82, 2.24) is 10.3 Å². The highest BCUT2D eigenvalue weighted by Gasteiger charge is 2.14. The summed E-state index contributed by atoms with van der Waals surface area (Å²) in [7, 11) is 0. The van der Waals surface area contributed by atoms with Crippen LogP contribution in [0.4, 0.5) is 5.69 Å². The molecule has 0 aliphatic carbocycles. The number of nitrogens with zero attached hydrogens (tertiary/aromatic N) is 1. The second-order valence-electron chi connectivity index (χ2n) is 7.09. The lowest BCUT2D eigenvalue weighted by atomic mass is 10.1. The van der Waals surface area contributed by atoms with Crippen LogP contribution < -0.4 is 10.6 Å². The van der Waals surface area contributed by atoms with Crippen LogP contribution in [0.3, 0.4) is 0 Å². The Morgan fingerprint density at radius 1 is 1.12 bits per heavy atom. The molecule has 3 aromatic carbocycles. The Hall–Kier alpha value is -3.97. The van der Waals surface area contributed by atoms with Gasteiger partial charge in [-0.05, 0) is 60.1 Å². The molecule has 0 saturated carbocycles. The third kappa shape index (κ3) is 5.01. The lowest BCUT2D eigenvalue weighted by Crippen LogP contribution is -2.32. The number of hydrogen-bond donors (Lipinski definition) is 3. The van der Waals surface area contributed by atoms with Crippen molar-refractivity contribution in [3.05, 3.63) is 83.9 Å². The number of fused-ring (bicyclic) bond motifs is 1. The molecule has 6 nitrogen and oxygen atoms in total. The minimum atomic E-state index is -0.356. The highest BCUT2D eigenvalue weighted by molar-refractivity contribution is 7.80. The first-order valence-electron chi connectivity index (χ1n) is 10.1. The number of nitrogens with one attached hydrogen (secondary N) is 2. The molecule has 0 unspecified atom stereocenters. The van der Waals surface area contributed by atoms with Gasteiger partial charge < -0.3 is 14.8 Å². The van der Waals surface area contributed by atoms with E-state index < -0.39 is 0 Å². The average Bonchev–Trinajstić information content (AvgIpc) is 3.21. The quantitative estimate of drug-likeness (QED) is 0.287. The number of hydrogen-bond acceptors (Lipinski definition) is 5. The monoisotopic (exact) mass is 443 g/mol. The van der Waals surface area contributed by atoms with Crippen molar-refractivity contribution in [2.24, 2.45) is 0 Å². The SMILES string of the molecule is CCc1ccc2oc(-c3ccc(NC(=S)NC(=O)/C=C/c4ccccc4)cc3O)nc2c1. The van der Waals surface area contributed by atoms with Crippen molar-refractivity contribution in [2.45, 2.75) is 13.3 Å². The first-order valence-corrected chi connectivity index (χ1v) is 10.5. The molecule has 0 aliphatic heterocycles. The van der Waals surface area contributed by atoms with Crippen molar-refractivity contribution in [3.8, 4) is 17.2 Å². The van der Waals surface area contributed by atoms with Gasteiger partial charge in [-0.3, -0.25) is 10.1 Å². The molecule has 1 amide bonds. The van der Waals surface area contributed by atoms with Crippen LogP contribution in [0.5, 0.6) is 5.75 Å². The Labute approximate surface area is 190 Å². The van der Waals surface area contributed by atoms with Crippen LogP contribution >= 0.6 is 12.2 Å². The summed E-state index contributed by atoms with van der Waals surface area (Å²) in [6, 6.07) is 20.2. The minimum Gasteiger partial charge on any atom is -0.507 e. The fourth-order valence-electron chi connectivity index (χ4n) is 3.15. The number of rotatable bonds is 5. The van der Waals surface area contributed by atoms with Gasteiger partial charge in [-0.1, -0.05) is 43.3 Å². The third-order valence-corrected chi connectivity index (χ3v) is 5.01. The highest BCUT2D eigenvalue weighted by Crippen LogP contribution is 2.33. The molecule has 0 radical (unpaired) electrons. The summed E-state index contributed by atoms with van der Waals surface area (Å²) in [4.78, 5) is 16.5. The number of carbonyl (C=O) groups excluding carboxylic acids is 1. The fraction of sp³-hybridized carbons (Fsp3) is 0.0800. The molecule has 0 aliphatic rings. The number of aryl methyl sites for hydroxylation is 1. The Morgan fingerprint density at radius 3 is 2.69 bits per heavy atom. The van der Waals surface area contributed by atoms with Gasteiger partial charge in [0.25, 0.3) is 0 Å². The van der Waals surface area contributed by atoms with Gasteiger partial charge in [-0.2, -0.15) is 0 Å². The molecule has 7 heteroatoms. The lowest BCUT2D eigenvalue weighted by molar-refractivity contribution is -0.115. The molecule has 32 heavy (non-hydrogen) atoms. The molecule has 0 atom stereocenters. The molecule has 3 N–H and O–H groups in total. The topological polar surface area (TPSA) is 87.4 Å². The van der Waals surface area contributed by atoms with Gasteiger partial charge in [-0.25, -0.2) is 4.98 Å². The Kier molecular flexibility index (Phi) is 6.28. The maximum Gasteiger partial charge on any atom is 0.250 e. The zero-order valence-corrected chi connectivity index (χ0v) is 18.1. The van der Waals surface area contributed by atoms with Crippen LogP contribution in [0.25, 0.3) is 28.6 Å². The van der Waals surface area contributed by atoms with Crippen LogP contribution in [0.2, 0.25) is 0 Å². The highest BCUT2D eigenvalue weighted by atomic mass is 32.1. The molecular weight excluding hydrogens is 422 g/mol. The van der Waals surface area contributed by atoms with Crippen molar-refractivity contribution >= 4 is 46.1 Å². The number of benzene rings is 3. The fourth-order valence-corrected chi connectivity index (χ4v) is 3.37. The smallest absolute Gasteiger partial charge is 0.250 e. The number of phenolic OH excluding ortho intramolecular Hbond substituents is 1. The standard InChI is InChI=1S/C25H21N3O3S/c1-2-16-8-12-22-20(14-16)27-24(31-22)19-11-10-18(15-21(19)29)26-25(32)28-23(30)13-9-17-6-4-3-5-7-17/h3-15,29H,2H2,1H3,(H2,26,28,30,32)/b13-9+. The number of oxazole rings is 1. The minimum absolute atomic E-state index is 0.0182. The van der Waals surface area contributed by atoms with Crippen LogP contribution in [0, 0.1) is 0 Å². The number of phenols is 1. The van der Waals surface area contributed by atoms with Gasteiger partial charge in [0.1, 0.15) is 11.3 Å². The van der Waals surface area contributed by atoms with E-state index in [2.05, 4.69) is 22.5 Å². The van der Waals surface area contributed by atoms with Crippen molar-refractivity contribution < 1.29 is 14.3 Å². The maximum atomic E-state index is 12.1. The molecular formula is C25H21N3O3S. The van der Waals surface area contributed by atoms with E-state index >= 15 is 0 Å². The van der Waals surface area contributed by atoms with Crippen molar-refractivity contribution in [2.75, 3.05) is 5.32 Å². The van der Waals surface area contributed by atoms with E-state index in [1.807, 2.05) is 48.5 Å². The van der Waals surface area contributed by atoms with E-state index in [1.165, 1.54) is 12.1 Å². The first-order chi connectivity index (χ1) is 15.5. The summed E-state index contributed by atoms with van der Waals surface area (Å²) in [6.07, 6.45) is 4.01. The summed E-state index contributed by atoms with van der Waals surface area (Å²) in [6.45, 7) is 2.08. The van der Waals surface area contributed by atoms with Crippen molar-refractivity contribution in [3.63, 3.8) is 0 Å². The van der Waals surface area contributed by atoms with Crippen LogP contribution in [0.15, 0.2) is 77.2 Å². The molecule has 4 aromatic rings. The molecule has 0 bridgehead atoms. The van der Waals surface area contributed by atoms with E-state index in [0.29, 0.717) is 22.7 Å². The van der Waals surface area contributed by atoms with E-state index in [-0.39, 0.29) is 16.8 Å².